The molecule has 14 heteroatoms. The van der Waals surface area contributed by atoms with E-state index in [-0.39, 0.29) is 58.3 Å². The van der Waals surface area contributed by atoms with E-state index in [1.165, 1.54) is 61.6 Å². The molecule has 0 bridgehead atoms. The molecule has 3 aromatic rings. The van der Waals surface area contributed by atoms with E-state index >= 15 is 0 Å². The number of rotatable bonds is 10. The number of methoxy groups -OCH3 is 3. The molecule has 42 heavy (non-hydrogen) atoms. The molecule has 2 amide bonds. The predicted octanol–water partition coefficient (Wildman–Crippen LogP) is 3.44. The summed E-state index contributed by atoms with van der Waals surface area (Å²) >= 11 is 6.04. The van der Waals surface area contributed by atoms with Crippen LogP contribution < -0.4 is 23.7 Å². The van der Waals surface area contributed by atoms with Gasteiger partial charge in [-0.1, -0.05) is 11.6 Å². The van der Waals surface area contributed by atoms with Gasteiger partial charge in [-0.25, -0.2) is 13.4 Å². The first-order chi connectivity index (χ1) is 20.0. The number of benzene rings is 2. The highest BCUT2D eigenvalue weighted by atomic mass is 35.5. The van der Waals surface area contributed by atoms with E-state index in [1.54, 1.807) is 32.3 Å². The Morgan fingerprint density at radius 2 is 1.83 bits per heavy atom. The van der Waals surface area contributed by atoms with Crippen LogP contribution in [0, 0.1) is 0 Å². The molecule has 0 radical (unpaired) electrons. The average molecular weight is 619 g/mol. The van der Waals surface area contributed by atoms with Gasteiger partial charge >= 0.3 is 0 Å². The summed E-state index contributed by atoms with van der Waals surface area (Å²) in [6, 6.07) is 10.1. The van der Waals surface area contributed by atoms with Crippen molar-refractivity contribution in [2.45, 2.75) is 23.9 Å². The number of hydrogen-bond acceptors (Lipinski definition) is 9. The Morgan fingerprint density at radius 1 is 1.10 bits per heavy atom. The molecule has 1 aromatic heterocycles. The highest BCUT2D eigenvalue weighted by Gasteiger charge is 2.35. The van der Waals surface area contributed by atoms with Gasteiger partial charge < -0.3 is 28.7 Å². The molecule has 1 N–H and O–H groups in total. The topological polar surface area (TPSA) is 137 Å². The minimum atomic E-state index is -4.19. The van der Waals surface area contributed by atoms with Crippen LogP contribution in [0.4, 0.5) is 5.69 Å². The second-order valence-electron chi connectivity index (χ2n) is 9.55. The number of nitrogens with zero attached hydrogens (tertiary/aromatic N) is 3. The molecule has 224 valence electrons. The summed E-state index contributed by atoms with van der Waals surface area (Å²) < 4.78 is 50.8. The Labute approximate surface area is 249 Å². The fourth-order valence-electron chi connectivity index (χ4n) is 4.35. The van der Waals surface area contributed by atoms with Crippen LogP contribution in [-0.4, -0.2) is 83.1 Å². The van der Waals surface area contributed by atoms with Crippen LogP contribution in [0.3, 0.4) is 0 Å². The minimum absolute atomic E-state index is 0.00906. The molecule has 0 saturated carbocycles. The summed E-state index contributed by atoms with van der Waals surface area (Å²) in [5.41, 5.74) is 0.688. The van der Waals surface area contributed by atoms with E-state index in [1.807, 2.05) is 0 Å². The van der Waals surface area contributed by atoms with Crippen molar-refractivity contribution in [2.75, 3.05) is 46.8 Å². The number of ether oxygens (including phenoxy) is 4. The number of pyridine rings is 1. The largest absolute Gasteiger partial charge is 0.497 e. The molecule has 0 fully saturated rings. The molecule has 1 aliphatic rings. The number of hydrogen-bond donors (Lipinski definition) is 1. The summed E-state index contributed by atoms with van der Waals surface area (Å²) in [4.78, 5) is 33.7. The van der Waals surface area contributed by atoms with Crippen molar-refractivity contribution in [1.82, 2.24) is 14.8 Å². The molecule has 1 atom stereocenters. The molecule has 0 saturated heterocycles. The zero-order valence-electron chi connectivity index (χ0n) is 23.7. The van der Waals surface area contributed by atoms with Crippen molar-refractivity contribution >= 4 is 39.1 Å². The van der Waals surface area contributed by atoms with E-state index in [2.05, 4.69) is 9.71 Å². The van der Waals surface area contributed by atoms with Gasteiger partial charge in [0.1, 0.15) is 34.3 Å². The van der Waals surface area contributed by atoms with Crippen molar-refractivity contribution in [3.8, 4) is 23.1 Å². The lowest BCUT2D eigenvalue weighted by atomic mass is 10.1. The molecule has 2 heterocycles. The first-order valence-corrected chi connectivity index (χ1v) is 14.5. The van der Waals surface area contributed by atoms with Gasteiger partial charge in [-0.05, 0) is 36.4 Å². The minimum Gasteiger partial charge on any atom is -0.497 e. The quantitative estimate of drug-likeness (QED) is 0.362. The normalized spacial score (nSPS) is 14.8. The Morgan fingerprint density at radius 3 is 2.50 bits per heavy atom. The van der Waals surface area contributed by atoms with Crippen molar-refractivity contribution in [3.05, 3.63) is 64.8 Å². The second kappa shape index (κ2) is 12.7. The highest BCUT2D eigenvalue weighted by molar-refractivity contribution is 7.92. The van der Waals surface area contributed by atoms with E-state index in [4.69, 9.17) is 30.5 Å². The van der Waals surface area contributed by atoms with Crippen LogP contribution in [0.5, 0.6) is 23.1 Å². The zero-order valence-corrected chi connectivity index (χ0v) is 25.3. The number of nitrogens with one attached hydrogen (secondary N) is 1. The molecule has 2 aromatic carbocycles. The standard InChI is InChI=1S/C28H31ClN4O8S/c1-32(2)26(34)12-20-16-41-27-22(28(35)33(20)15-17-6-8-21(38-3)13-24(17)40-5)11-19(14-30-27)31-42(36,37)25-10-18(29)7-9-23(25)39-4/h6-11,13-14,20,31H,12,15-16H2,1-5H3/t20-/m0/s1. The van der Waals surface area contributed by atoms with Gasteiger partial charge in [0.2, 0.25) is 11.8 Å². The monoisotopic (exact) mass is 618 g/mol. The van der Waals surface area contributed by atoms with Crippen molar-refractivity contribution in [2.24, 2.45) is 0 Å². The third-order valence-electron chi connectivity index (χ3n) is 6.61. The molecular weight excluding hydrogens is 588 g/mol. The maximum atomic E-state index is 14.1. The molecule has 0 spiro atoms. The van der Waals surface area contributed by atoms with E-state index in [0.29, 0.717) is 17.1 Å². The Bertz CT molecular complexity index is 1600. The van der Waals surface area contributed by atoms with Crippen molar-refractivity contribution in [3.63, 3.8) is 0 Å². The Balaban J connectivity index is 1.72. The molecular formula is C28H31ClN4O8S. The summed E-state index contributed by atoms with van der Waals surface area (Å²) in [5, 5.41) is 0.197. The number of halogens is 1. The van der Waals surface area contributed by atoms with Crippen LogP contribution in [0.25, 0.3) is 0 Å². The van der Waals surface area contributed by atoms with Crippen molar-refractivity contribution < 1.29 is 37.0 Å². The number of carbonyl (C=O) groups excluding carboxylic acids is 2. The molecule has 4 rings (SSSR count). The summed E-state index contributed by atoms with van der Waals surface area (Å²) in [7, 11) is 3.44. The SMILES string of the molecule is COc1ccc(CN2C(=O)c3cc(NS(=O)(=O)c4cc(Cl)ccc4OC)cnc3OC[C@@H]2CC(=O)N(C)C)c(OC)c1. The lowest BCUT2D eigenvalue weighted by Gasteiger charge is -2.30. The summed E-state index contributed by atoms with van der Waals surface area (Å²) in [6.45, 7) is 0.0461. The second-order valence-corrected chi connectivity index (χ2v) is 11.6. The van der Waals surface area contributed by atoms with E-state index in [0.717, 1.165) is 0 Å². The lowest BCUT2D eigenvalue weighted by Crippen LogP contribution is -2.44. The van der Waals surface area contributed by atoms with Gasteiger partial charge in [-0.2, -0.15) is 0 Å². The number of anilines is 1. The molecule has 0 unspecified atom stereocenters. The number of amides is 2. The third-order valence-corrected chi connectivity index (χ3v) is 8.24. The maximum Gasteiger partial charge on any atom is 0.265 e. The number of carbonyl (C=O) groups is 2. The fraction of sp³-hybridized carbons (Fsp3) is 0.321. The molecule has 0 aliphatic carbocycles. The summed E-state index contributed by atoms with van der Waals surface area (Å²) in [5.74, 6) is 0.442. The van der Waals surface area contributed by atoms with Crippen LogP contribution >= 0.6 is 11.6 Å². The van der Waals surface area contributed by atoms with Gasteiger partial charge in [-0.3, -0.25) is 14.3 Å². The summed E-state index contributed by atoms with van der Waals surface area (Å²) in [6.07, 6.45) is 1.22. The van der Waals surface area contributed by atoms with Gasteiger partial charge in [0.15, 0.2) is 0 Å². The van der Waals surface area contributed by atoms with Crippen LogP contribution in [0.2, 0.25) is 5.02 Å². The maximum absolute atomic E-state index is 14.1. The molecule has 12 nitrogen and oxygen atoms in total. The average Bonchev–Trinajstić information content (AvgIpc) is 3.09. The van der Waals surface area contributed by atoms with Gasteiger partial charge in [0, 0.05) is 30.7 Å². The first kappa shape index (κ1) is 30.7. The molecule has 1 aliphatic heterocycles. The Kier molecular flexibility index (Phi) is 9.32. The van der Waals surface area contributed by atoms with E-state index < -0.39 is 22.0 Å². The van der Waals surface area contributed by atoms with Crippen molar-refractivity contribution in [1.29, 1.82) is 0 Å². The van der Waals surface area contributed by atoms with Gasteiger partial charge in [-0.15, -0.1) is 0 Å². The fourth-order valence-corrected chi connectivity index (χ4v) is 5.82. The third kappa shape index (κ3) is 6.63. The highest BCUT2D eigenvalue weighted by Crippen LogP contribution is 2.33. The van der Waals surface area contributed by atoms with E-state index in [9.17, 15) is 18.0 Å². The van der Waals surface area contributed by atoms with Gasteiger partial charge in [0.05, 0.1) is 52.2 Å². The van der Waals surface area contributed by atoms with Crippen LogP contribution in [0.1, 0.15) is 22.3 Å². The smallest absolute Gasteiger partial charge is 0.265 e. The predicted molar refractivity (Wildman–Crippen MR) is 155 cm³/mol. The number of aromatic nitrogens is 1. The number of sulfonamides is 1. The lowest BCUT2D eigenvalue weighted by molar-refractivity contribution is -0.130. The first-order valence-electron chi connectivity index (χ1n) is 12.7. The van der Waals surface area contributed by atoms with Gasteiger partial charge in [0.25, 0.3) is 15.9 Å². The van der Waals surface area contributed by atoms with Crippen LogP contribution in [0.15, 0.2) is 53.6 Å². The van der Waals surface area contributed by atoms with Crippen LogP contribution in [-0.2, 0) is 21.4 Å². The zero-order chi connectivity index (χ0) is 30.6. The number of fused-ring (bicyclic) bond motifs is 1. The Hall–Kier alpha value is -4.23.